The molecule has 0 saturated carbocycles. The minimum Gasteiger partial charge on any atom is -0.467 e. The molecule has 0 unspecified atom stereocenters. The zero-order valence-electron chi connectivity index (χ0n) is 20.9. The van der Waals surface area contributed by atoms with Crippen molar-refractivity contribution >= 4 is 23.8 Å². The molecule has 0 saturated heterocycles. The third-order valence-electron chi connectivity index (χ3n) is 5.11. The molecule has 188 valence electrons. The Morgan fingerprint density at radius 2 is 1.43 bits per heavy atom. The molecule has 2 aromatic rings. The maximum absolute atomic E-state index is 12.4. The lowest BCUT2D eigenvalue weighted by Gasteiger charge is -2.20. The number of nitrogens with one attached hydrogen (secondary N) is 2. The second-order valence-electron chi connectivity index (χ2n) is 9.25. The summed E-state index contributed by atoms with van der Waals surface area (Å²) in [5.41, 5.74) is 1.47. The monoisotopic (exact) mass is 482 g/mol. The molecule has 0 aliphatic rings. The van der Waals surface area contributed by atoms with Crippen LogP contribution >= 0.6 is 0 Å². The first-order valence-electron chi connectivity index (χ1n) is 11.5. The lowest BCUT2D eigenvalue weighted by Crippen LogP contribution is -2.43. The van der Waals surface area contributed by atoms with Crippen molar-refractivity contribution in [3.8, 4) is 0 Å². The number of esters is 2. The number of carbonyl (C=O) groups is 4. The van der Waals surface area contributed by atoms with Crippen LogP contribution < -0.4 is 10.6 Å². The standard InChI is InChI=1S/C27H34N2O6/c1-18(20-9-7-6-8-10-20)28-23(30)15-16-24(31)29-22(26(33)34-5)17-19-11-13-21(14-12-19)25(32)35-27(2,3)4/h6-14,18,22H,15-17H2,1-5H3,(H,28,30)(H,29,31)/t18-,22+/m1/s1. The number of carbonyl (C=O) groups excluding carboxylic acids is 4. The average Bonchev–Trinajstić information content (AvgIpc) is 2.81. The maximum atomic E-state index is 12.4. The van der Waals surface area contributed by atoms with Gasteiger partial charge in [0.2, 0.25) is 11.8 Å². The van der Waals surface area contributed by atoms with Gasteiger partial charge in [-0.05, 0) is 51.0 Å². The normalized spacial score (nSPS) is 12.7. The summed E-state index contributed by atoms with van der Waals surface area (Å²) in [6, 6.07) is 15.0. The Kier molecular flexibility index (Phi) is 9.99. The summed E-state index contributed by atoms with van der Waals surface area (Å²) in [6.07, 6.45) is 0.0875. The first kappa shape index (κ1) is 27.6. The lowest BCUT2D eigenvalue weighted by molar-refractivity contribution is -0.145. The van der Waals surface area contributed by atoms with Crippen LogP contribution in [0.5, 0.6) is 0 Å². The van der Waals surface area contributed by atoms with Gasteiger partial charge in [0.25, 0.3) is 0 Å². The van der Waals surface area contributed by atoms with Crippen LogP contribution in [0.25, 0.3) is 0 Å². The average molecular weight is 483 g/mol. The van der Waals surface area contributed by atoms with Crippen LogP contribution in [0, 0.1) is 0 Å². The van der Waals surface area contributed by atoms with Crippen LogP contribution in [0.1, 0.15) is 68.1 Å². The van der Waals surface area contributed by atoms with Crippen LogP contribution in [-0.4, -0.2) is 42.5 Å². The number of benzene rings is 2. The van der Waals surface area contributed by atoms with Gasteiger partial charge in [-0.2, -0.15) is 0 Å². The van der Waals surface area contributed by atoms with E-state index >= 15 is 0 Å². The Morgan fingerprint density at radius 1 is 0.857 bits per heavy atom. The van der Waals surface area contributed by atoms with Gasteiger partial charge >= 0.3 is 11.9 Å². The Hall–Kier alpha value is -3.68. The van der Waals surface area contributed by atoms with E-state index in [1.54, 1.807) is 45.0 Å². The first-order valence-corrected chi connectivity index (χ1v) is 11.5. The number of ether oxygens (including phenoxy) is 2. The number of rotatable bonds is 10. The Balaban J connectivity index is 1.90. The smallest absolute Gasteiger partial charge is 0.338 e. The van der Waals surface area contributed by atoms with Gasteiger partial charge in [0.1, 0.15) is 11.6 Å². The molecule has 0 heterocycles. The molecule has 0 aliphatic carbocycles. The van der Waals surface area contributed by atoms with E-state index in [1.165, 1.54) is 7.11 Å². The molecular formula is C27H34N2O6. The molecule has 0 aliphatic heterocycles. The Bertz CT molecular complexity index is 1010. The predicted molar refractivity (Wildman–Crippen MR) is 131 cm³/mol. The third-order valence-corrected chi connectivity index (χ3v) is 5.11. The van der Waals surface area contributed by atoms with Crippen molar-refractivity contribution in [2.24, 2.45) is 0 Å². The van der Waals surface area contributed by atoms with E-state index < -0.39 is 29.5 Å². The summed E-state index contributed by atoms with van der Waals surface area (Å²) >= 11 is 0. The highest BCUT2D eigenvalue weighted by Gasteiger charge is 2.23. The van der Waals surface area contributed by atoms with Gasteiger partial charge in [-0.3, -0.25) is 9.59 Å². The summed E-state index contributed by atoms with van der Waals surface area (Å²) < 4.78 is 10.2. The Labute approximate surface area is 206 Å². The van der Waals surface area contributed by atoms with Gasteiger partial charge in [0.05, 0.1) is 18.7 Å². The van der Waals surface area contributed by atoms with E-state index in [0.717, 1.165) is 11.1 Å². The quantitative estimate of drug-likeness (QED) is 0.502. The summed E-state index contributed by atoms with van der Waals surface area (Å²) in [6.45, 7) is 7.23. The van der Waals surface area contributed by atoms with Crippen LogP contribution in [-0.2, 0) is 30.3 Å². The van der Waals surface area contributed by atoms with E-state index in [9.17, 15) is 19.2 Å². The second-order valence-corrected chi connectivity index (χ2v) is 9.25. The first-order chi connectivity index (χ1) is 16.5. The number of hydrogen-bond acceptors (Lipinski definition) is 6. The van der Waals surface area contributed by atoms with Crippen molar-refractivity contribution in [2.75, 3.05) is 7.11 Å². The molecule has 0 spiro atoms. The molecule has 35 heavy (non-hydrogen) atoms. The largest absolute Gasteiger partial charge is 0.467 e. The highest BCUT2D eigenvalue weighted by molar-refractivity contribution is 5.90. The lowest BCUT2D eigenvalue weighted by atomic mass is 10.0. The summed E-state index contributed by atoms with van der Waals surface area (Å²) in [5, 5.41) is 5.50. The van der Waals surface area contributed by atoms with E-state index in [0.29, 0.717) is 5.56 Å². The summed E-state index contributed by atoms with van der Waals surface area (Å²) in [4.78, 5) is 49.1. The van der Waals surface area contributed by atoms with Gasteiger partial charge in [0.15, 0.2) is 0 Å². The zero-order chi connectivity index (χ0) is 26.0. The van der Waals surface area contributed by atoms with Crippen molar-refractivity contribution in [3.05, 3.63) is 71.3 Å². The topological polar surface area (TPSA) is 111 Å². The predicted octanol–water partition coefficient (Wildman–Crippen LogP) is 3.50. The van der Waals surface area contributed by atoms with Crippen LogP contribution in [0.15, 0.2) is 54.6 Å². The number of amides is 2. The molecule has 2 N–H and O–H groups in total. The van der Waals surface area contributed by atoms with Crippen molar-refractivity contribution in [2.45, 2.75) is 64.6 Å². The number of hydrogen-bond donors (Lipinski definition) is 2. The molecule has 0 radical (unpaired) electrons. The minimum atomic E-state index is -0.925. The highest BCUT2D eigenvalue weighted by Crippen LogP contribution is 2.14. The molecular weight excluding hydrogens is 448 g/mol. The van der Waals surface area contributed by atoms with Crippen molar-refractivity contribution in [3.63, 3.8) is 0 Å². The van der Waals surface area contributed by atoms with Crippen molar-refractivity contribution < 1.29 is 28.7 Å². The zero-order valence-corrected chi connectivity index (χ0v) is 20.9. The highest BCUT2D eigenvalue weighted by atomic mass is 16.6. The molecule has 8 nitrogen and oxygen atoms in total. The molecule has 2 amide bonds. The molecule has 8 heteroatoms. The van der Waals surface area contributed by atoms with E-state index in [-0.39, 0.29) is 31.2 Å². The van der Waals surface area contributed by atoms with Gasteiger partial charge in [-0.15, -0.1) is 0 Å². The fourth-order valence-corrected chi connectivity index (χ4v) is 3.32. The Morgan fingerprint density at radius 3 is 1.97 bits per heavy atom. The second kappa shape index (κ2) is 12.7. The fourth-order valence-electron chi connectivity index (χ4n) is 3.32. The van der Waals surface area contributed by atoms with Gasteiger partial charge in [-0.25, -0.2) is 9.59 Å². The van der Waals surface area contributed by atoms with E-state index in [1.807, 2.05) is 37.3 Å². The van der Waals surface area contributed by atoms with E-state index in [4.69, 9.17) is 9.47 Å². The van der Waals surface area contributed by atoms with Crippen molar-refractivity contribution in [1.82, 2.24) is 10.6 Å². The summed E-state index contributed by atoms with van der Waals surface area (Å²) in [5.74, 6) is -1.74. The van der Waals surface area contributed by atoms with Gasteiger partial charge < -0.3 is 20.1 Å². The maximum Gasteiger partial charge on any atom is 0.338 e. The van der Waals surface area contributed by atoms with E-state index in [2.05, 4.69) is 10.6 Å². The fraction of sp³-hybridized carbons (Fsp3) is 0.407. The minimum absolute atomic E-state index is 0.0124. The molecule has 2 atom stereocenters. The van der Waals surface area contributed by atoms with Crippen molar-refractivity contribution in [1.29, 1.82) is 0 Å². The van der Waals surface area contributed by atoms with Gasteiger partial charge in [0, 0.05) is 19.3 Å². The third kappa shape index (κ3) is 9.60. The van der Waals surface area contributed by atoms with Crippen LogP contribution in [0.4, 0.5) is 0 Å². The van der Waals surface area contributed by atoms with Crippen LogP contribution in [0.3, 0.4) is 0 Å². The molecule has 0 bridgehead atoms. The van der Waals surface area contributed by atoms with Crippen LogP contribution in [0.2, 0.25) is 0 Å². The molecule has 0 aromatic heterocycles. The molecule has 2 aromatic carbocycles. The SMILES string of the molecule is COC(=O)[C@H](Cc1ccc(C(=O)OC(C)(C)C)cc1)NC(=O)CCC(=O)N[C@H](C)c1ccccc1. The molecule has 2 rings (SSSR count). The summed E-state index contributed by atoms with van der Waals surface area (Å²) in [7, 11) is 1.24. The number of methoxy groups -OCH3 is 1. The van der Waals surface area contributed by atoms with Gasteiger partial charge in [-0.1, -0.05) is 42.5 Å². The molecule has 0 fully saturated rings.